The zero-order chi connectivity index (χ0) is 15.4. The minimum absolute atomic E-state index is 0.00430. The predicted molar refractivity (Wildman–Crippen MR) is 84.0 cm³/mol. The Morgan fingerprint density at radius 3 is 2.71 bits per heavy atom. The van der Waals surface area contributed by atoms with Gasteiger partial charge < -0.3 is 10.2 Å². The van der Waals surface area contributed by atoms with Crippen molar-refractivity contribution in [1.29, 1.82) is 0 Å². The summed E-state index contributed by atoms with van der Waals surface area (Å²) in [6.45, 7) is 0.511. The van der Waals surface area contributed by atoms with Gasteiger partial charge in [-0.25, -0.2) is 4.98 Å². The van der Waals surface area contributed by atoms with Gasteiger partial charge in [0.2, 0.25) is 0 Å². The van der Waals surface area contributed by atoms with Crippen LogP contribution in [0.4, 0.5) is 17.3 Å². The van der Waals surface area contributed by atoms with E-state index in [1.54, 1.807) is 7.05 Å². The molecule has 110 valence electrons. The van der Waals surface area contributed by atoms with E-state index in [9.17, 15) is 10.1 Å². The molecule has 1 heterocycles. The third kappa shape index (κ3) is 3.61. The lowest BCUT2D eigenvalue weighted by Crippen LogP contribution is -2.18. The molecule has 2 aromatic rings. The molecule has 0 saturated heterocycles. The van der Waals surface area contributed by atoms with Gasteiger partial charge in [0.15, 0.2) is 0 Å². The quantitative estimate of drug-likeness (QED) is 0.677. The topological polar surface area (TPSA) is 71.3 Å². The second-order valence-corrected chi connectivity index (χ2v) is 4.93. The van der Waals surface area contributed by atoms with Gasteiger partial charge >= 0.3 is 0 Å². The Morgan fingerprint density at radius 1 is 1.38 bits per heavy atom. The van der Waals surface area contributed by atoms with Crippen LogP contribution >= 0.6 is 11.6 Å². The number of aromatic nitrogens is 1. The molecule has 0 unspecified atom stereocenters. The monoisotopic (exact) mass is 306 g/mol. The zero-order valence-corrected chi connectivity index (χ0v) is 12.5. The second kappa shape index (κ2) is 6.41. The highest BCUT2D eigenvalue weighted by Gasteiger charge is 2.14. The summed E-state index contributed by atoms with van der Waals surface area (Å²) in [6, 6.07) is 10.3. The minimum Gasteiger partial charge on any atom is -0.373 e. The summed E-state index contributed by atoms with van der Waals surface area (Å²) in [4.78, 5) is 16.7. The molecule has 0 spiro atoms. The van der Waals surface area contributed by atoms with Gasteiger partial charge in [0.1, 0.15) is 11.6 Å². The first kappa shape index (κ1) is 15.1. The van der Waals surface area contributed by atoms with E-state index in [4.69, 9.17) is 11.6 Å². The Hall–Kier alpha value is -2.34. The van der Waals surface area contributed by atoms with Gasteiger partial charge in [0.05, 0.1) is 17.1 Å². The van der Waals surface area contributed by atoms with Gasteiger partial charge in [0, 0.05) is 25.7 Å². The number of nitro groups is 1. The molecule has 1 aromatic heterocycles. The molecule has 0 amide bonds. The fourth-order valence-corrected chi connectivity index (χ4v) is 2.09. The molecule has 0 saturated carbocycles. The molecule has 1 N–H and O–H groups in total. The first-order chi connectivity index (χ1) is 10.0. The van der Waals surface area contributed by atoms with Crippen LogP contribution in [0.25, 0.3) is 0 Å². The summed E-state index contributed by atoms with van der Waals surface area (Å²) in [5.41, 5.74) is 0.927. The van der Waals surface area contributed by atoms with E-state index < -0.39 is 4.92 Å². The molecule has 0 fully saturated rings. The highest BCUT2D eigenvalue weighted by molar-refractivity contribution is 6.31. The Morgan fingerprint density at radius 2 is 2.10 bits per heavy atom. The van der Waals surface area contributed by atoms with E-state index in [0.717, 1.165) is 5.56 Å². The van der Waals surface area contributed by atoms with Crippen molar-refractivity contribution in [3.63, 3.8) is 0 Å². The highest BCUT2D eigenvalue weighted by Crippen LogP contribution is 2.25. The van der Waals surface area contributed by atoms with Gasteiger partial charge in [-0.05, 0) is 11.6 Å². The fourth-order valence-electron chi connectivity index (χ4n) is 1.89. The molecule has 0 atom stereocenters. The normalized spacial score (nSPS) is 10.2. The van der Waals surface area contributed by atoms with Crippen molar-refractivity contribution in [2.45, 2.75) is 6.54 Å². The number of hydrogen-bond donors (Lipinski definition) is 1. The summed E-state index contributed by atoms with van der Waals surface area (Å²) < 4.78 is 0. The lowest BCUT2D eigenvalue weighted by molar-refractivity contribution is -0.384. The molecule has 0 aliphatic heterocycles. The zero-order valence-electron chi connectivity index (χ0n) is 11.7. The molecule has 0 bridgehead atoms. The summed E-state index contributed by atoms with van der Waals surface area (Å²) >= 11 is 6.13. The molecule has 21 heavy (non-hydrogen) atoms. The molecule has 2 rings (SSSR count). The van der Waals surface area contributed by atoms with Gasteiger partial charge in [-0.15, -0.1) is 0 Å². The third-order valence-electron chi connectivity index (χ3n) is 3.02. The van der Waals surface area contributed by atoms with Crippen molar-refractivity contribution in [3.05, 3.63) is 57.1 Å². The van der Waals surface area contributed by atoms with E-state index in [-0.39, 0.29) is 5.69 Å². The number of anilines is 2. The molecule has 1 aromatic carbocycles. The van der Waals surface area contributed by atoms with Gasteiger partial charge in [-0.1, -0.05) is 29.8 Å². The number of pyridine rings is 1. The molecular formula is C14H15ClN4O2. The smallest absolute Gasteiger partial charge is 0.276 e. The number of nitrogens with one attached hydrogen (secondary N) is 1. The van der Waals surface area contributed by atoms with E-state index in [1.165, 1.54) is 12.1 Å². The van der Waals surface area contributed by atoms with Crippen molar-refractivity contribution in [3.8, 4) is 0 Å². The standard InChI is InChI=1S/C14H15ClN4O2/c1-16-13-7-11(19(20)21)8-14(17-13)18(2)9-10-5-3-4-6-12(10)15/h3-8H,9H2,1-2H3,(H,16,17). The van der Waals surface area contributed by atoms with Crippen LogP contribution in [0, 0.1) is 10.1 Å². The highest BCUT2D eigenvalue weighted by atomic mass is 35.5. The summed E-state index contributed by atoms with van der Waals surface area (Å²) in [5.74, 6) is 0.957. The SMILES string of the molecule is CNc1cc([N+](=O)[O-])cc(N(C)Cc2ccccc2Cl)n1. The van der Waals surface area contributed by atoms with Crippen LogP contribution in [0.2, 0.25) is 5.02 Å². The number of hydrogen-bond acceptors (Lipinski definition) is 5. The van der Waals surface area contributed by atoms with Crippen molar-refractivity contribution in [1.82, 2.24) is 4.98 Å². The maximum Gasteiger partial charge on any atom is 0.276 e. The van der Waals surface area contributed by atoms with Crippen LogP contribution in [-0.4, -0.2) is 24.0 Å². The largest absolute Gasteiger partial charge is 0.373 e. The lowest BCUT2D eigenvalue weighted by Gasteiger charge is -2.19. The van der Waals surface area contributed by atoms with Crippen molar-refractivity contribution >= 4 is 28.9 Å². The maximum absolute atomic E-state index is 11.0. The molecule has 0 aliphatic rings. The molecule has 0 radical (unpaired) electrons. The predicted octanol–water partition coefficient (Wildman–Crippen LogP) is 3.32. The van der Waals surface area contributed by atoms with E-state index in [1.807, 2.05) is 36.2 Å². The van der Waals surface area contributed by atoms with E-state index in [0.29, 0.717) is 23.2 Å². The second-order valence-electron chi connectivity index (χ2n) is 4.52. The molecule has 0 aliphatic carbocycles. The van der Waals surface area contributed by atoms with Gasteiger partial charge in [0.25, 0.3) is 5.69 Å². The van der Waals surface area contributed by atoms with Crippen LogP contribution in [0.5, 0.6) is 0 Å². The van der Waals surface area contributed by atoms with Crippen LogP contribution in [0.15, 0.2) is 36.4 Å². The Bertz CT molecular complexity index is 663. The molecular weight excluding hydrogens is 292 g/mol. The Kier molecular flexibility index (Phi) is 4.59. The minimum atomic E-state index is -0.435. The maximum atomic E-state index is 11.0. The van der Waals surface area contributed by atoms with Crippen LogP contribution in [-0.2, 0) is 6.54 Å². The Balaban J connectivity index is 2.30. The first-order valence-electron chi connectivity index (χ1n) is 6.30. The first-order valence-corrected chi connectivity index (χ1v) is 6.68. The lowest BCUT2D eigenvalue weighted by atomic mass is 10.2. The average molecular weight is 307 g/mol. The number of halogens is 1. The number of benzene rings is 1. The van der Waals surface area contributed by atoms with Gasteiger partial charge in [-0.3, -0.25) is 10.1 Å². The van der Waals surface area contributed by atoms with Crippen molar-refractivity contribution in [2.24, 2.45) is 0 Å². The third-order valence-corrected chi connectivity index (χ3v) is 3.39. The molecule has 7 heteroatoms. The van der Waals surface area contributed by atoms with Crippen molar-refractivity contribution in [2.75, 3.05) is 24.3 Å². The summed E-state index contributed by atoms with van der Waals surface area (Å²) in [5, 5.41) is 14.4. The van der Waals surface area contributed by atoms with E-state index in [2.05, 4.69) is 10.3 Å². The van der Waals surface area contributed by atoms with Crippen LogP contribution in [0.3, 0.4) is 0 Å². The van der Waals surface area contributed by atoms with E-state index >= 15 is 0 Å². The van der Waals surface area contributed by atoms with Gasteiger partial charge in [-0.2, -0.15) is 0 Å². The van der Waals surface area contributed by atoms with Crippen molar-refractivity contribution < 1.29 is 4.92 Å². The van der Waals surface area contributed by atoms with Crippen LogP contribution < -0.4 is 10.2 Å². The van der Waals surface area contributed by atoms with Crippen LogP contribution in [0.1, 0.15) is 5.56 Å². The fraction of sp³-hybridized carbons (Fsp3) is 0.214. The number of nitrogens with zero attached hydrogens (tertiary/aromatic N) is 3. The molecule has 6 nitrogen and oxygen atoms in total. The number of rotatable bonds is 5. The summed E-state index contributed by atoms with van der Waals surface area (Å²) in [7, 11) is 3.48. The average Bonchev–Trinajstić information content (AvgIpc) is 2.49. The summed E-state index contributed by atoms with van der Waals surface area (Å²) in [6.07, 6.45) is 0. The Labute approximate surface area is 127 Å².